The molecule has 2 nitrogen and oxygen atoms in total. The Balaban J connectivity index is 1.89. The Morgan fingerprint density at radius 3 is 2.94 bits per heavy atom. The first-order valence-electron chi connectivity index (χ1n) is 6.68. The molecule has 3 atom stereocenters. The molecule has 2 aliphatic rings. The fraction of sp³-hybridized carbons (Fsp3) is 0.733. The quantitative estimate of drug-likeness (QED) is 0.720. The summed E-state index contributed by atoms with van der Waals surface area (Å²) in [6.07, 6.45) is 9.07. The highest BCUT2D eigenvalue weighted by Crippen LogP contribution is 2.66. The maximum Gasteiger partial charge on any atom is 0.0641 e. The summed E-state index contributed by atoms with van der Waals surface area (Å²) < 4.78 is 0. The smallest absolute Gasteiger partial charge is 0.0641 e. The van der Waals surface area contributed by atoms with E-state index in [0.717, 1.165) is 24.3 Å². The summed E-state index contributed by atoms with van der Waals surface area (Å²) in [5.74, 6) is 1.53. The van der Waals surface area contributed by atoms with Crippen LogP contribution >= 0.6 is 0 Å². The Kier molecular flexibility index (Phi) is 3.74. The van der Waals surface area contributed by atoms with Crippen LogP contribution in [0.15, 0.2) is 23.3 Å². The van der Waals surface area contributed by atoms with Crippen molar-refractivity contribution < 1.29 is 10.2 Å². The van der Waals surface area contributed by atoms with E-state index in [0.29, 0.717) is 11.3 Å². The van der Waals surface area contributed by atoms with Gasteiger partial charge in [-0.25, -0.2) is 0 Å². The van der Waals surface area contributed by atoms with Crippen LogP contribution in [0.3, 0.4) is 0 Å². The van der Waals surface area contributed by atoms with Gasteiger partial charge >= 0.3 is 0 Å². The van der Waals surface area contributed by atoms with Crippen molar-refractivity contribution in [3.05, 3.63) is 23.3 Å². The van der Waals surface area contributed by atoms with Gasteiger partial charge in [-0.2, -0.15) is 0 Å². The number of rotatable bonds is 5. The van der Waals surface area contributed by atoms with Gasteiger partial charge in [0.05, 0.1) is 13.2 Å². The molecule has 1 fully saturated rings. The molecule has 0 bridgehead atoms. The van der Waals surface area contributed by atoms with Crippen LogP contribution in [0.2, 0.25) is 0 Å². The van der Waals surface area contributed by atoms with Gasteiger partial charge in [0, 0.05) is 0 Å². The van der Waals surface area contributed by atoms with Crippen molar-refractivity contribution in [2.75, 3.05) is 13.2 Å². The number of hydrogen-bond acceptors (Lipinski definition) is 2. The topological polar surface area (TPSA) is 40.5 Å². The van der Waals surface area contributed by atoms with Gasteiger partial charge < -0.3 is 10.2 Å². The molecule has 0 aromatic rings. The molecule has 0 aromatic carbocycles. The van der Waals surface area contributed by atoms with Gasteiger partial charge in [-0.05, 0) is 55.4 Å². The monoisotopic (exact) mass is 236 g/mol. The number of aliphatic hydroxyl groups excluding tert-OH is 2. The minimum atomic E-state index is 0.179. The van der Waals surface area contributed by atoms with Gasteiger partial charge in [-0.15, -0.1) is 0 Å². The van der Waals surface area contributed by atoms with Crippen molar-refractivity contribution in [3.63, 3.8) is 0 Å². The number of fused-ring (bicyclic) bond motifs is 1. The van der Waals surface area contributed by atoms with E-state index in [1.54, 1.807) is 0 Å². The van der Waals surface area contributed by atoms with Gasteiger partial charge in [0.25, 0.3) is 0 Å². The highest BCUT2D eigenvalue weighted by atomic mass is 16.3. The molecular weight excluding hydrogens is 212 g/mol. The Hall–Kier alpha value is -0.600. The van der Waals surface area contributed by atoms with Crippen molar-refractivity contribution >= 4 is 0 Å². The predicted molar refractivity (Wildman–Crippen MR) is 69.6 cm³/mol. The summed E-state index contributed by atoms with van der Waals surface area (Å²) in [7, 11) is 0. The molecule has 0 aromatic heterocycles. The number of hydrogen-bond donors (Lipinski definition) is 2. The molecule has 2 N–H and O–H groups in total. The van der Waals surface area contributed by atoms with Gasteiger partial charge in [0.15, 0.2) is 0 Å². The second-order valence-electron chi connectivity index (χ2n) is 5.91. The average molecular weight is 236 g/mol. The Bertz CT molecular complexity index is 343. The zero-order valence-corrected chi connectivity index (χ0v) is 10.9. The van der Waals surface area contributed by atoms with Gasteiger partial charge in [0.2, 0.25) is 0 Å². The van der Waals surface area contributed by atoms with E-state index in [-0.39, 0.29) is 13.2 Å². The Morgan fingerprint density at radius 1 is 1.53 bits per heavy atom. The predicted octanol–water partition coefficient (Wildman–Crippen LogP) is 2.67. The lowest BCUT2D eigenvalue weighted by atomic mass is 9.96. The normalized spacial score (nSPS) is 36.5. The maximum absolute atomic E-state index is 9.17. The third kappa shape index (κ3) is 2.48. The average Bonchev–Trinajstić information content (AvgIpc) is 2.94. The standard InChI is InChI=1S/C15H24O2/c1-11(9-16)4-3-7-15(2)13-6-5-12(10-17)8-14(13)15/h4,8,13-14,16-17H,3,5-7,9-10H2,1-2H3/b11-4+/t13-,14+,15+/m1/s1. The Labute approximate surface area is 104 Å². The lowest BCUT2D eigenvalue weighted by Crippen LogP contribution is -1.98. The van der Waals surface area contributed by atoms with E-state index < -0.39 is 0 Å². The lowest BCUT2D eigenvalue weighted by molar-refractivity contribution is 0.322. The first-order chi connectivity index (χ1) is 8.11. The van der Waals surface area contributed by atoms with Crippen LogP contribution in [0.4, 0.5) is 0 Å². The van der Waals surface area contributed by atoms with Crippen LogP contribution in [-0.4, -0.2) is 23.4 Å². The molecule has 0 saturated heterocycles. The minimum Gasteiger partial charge on any atom is -0.392 e. The summed E-state index contributed by atoms with van der Waals surface area (Å²) in [6, 6.07) is 0. The molecule has 0 amide bonds. The molecule has 2 heteroatoms. The summed E-state index contributed by atoms with van der Waals surface area (Å²) in [4.78, 5) is 0. The fourth-order valence-electron chi connectivity index (χ4n) is 3.37. The summed E-state index contributed by atoms with van der Waals surface area (Å²) >= 11 is 0. The van der Waals surface area contributed by atoms with Crippen LogP contribution < -0.4 is 0 Å². The van der Waals surface area contributed by atoms with Crippen LogP contribution in [0.5, 0.6) is 0 Å². The number of allylic oxidation sites excluding steroid dienone is 2. The summed E-state index contributed by atoms with van der Waals surface area (Å²) in [6.45, 7) is 4.77. The van der Waals surface area contributed by atoms with Crippen molar-refractivity contribution in [3.8, 4) is 0 Å². The molecule has 1 saturated carbocycles. The molecule has 17 heavy (non-hydrogen) atoms. The van der Waals surface area contributed by atoms with Gasteiger partial charge in [0.1, 0.15) is 0 Å². The minimum absolute atomic E-state index is 0.179. The van der Waals surface area contributed by atoms with E-state index in [2.05, 4.69) is 19.1 Å². The van der Waals surface area contributed by atoms with Crippen molar-refractivity contribution in [2.45, 2.75) is 39.5 Å². The fourth-order valence-corrected chi connectivity index (χ4v) is 3.37. The van der Waals surface area contributed by atoms with E-state index in [4.69, 9.17) is 5.11 Å². The molecule has 2 rings (SSSR count). The number of aliphatic hydroxyl groups is 2. The third-order valence-electron chi connectivity index (χ3n) is 4.75. The molecule has 0 radical (unpaired) electrons. The second-order valence-corrected chi connectivity index (χ2v) is 5.91. The van der Waals surface area contributed by atoms with E-state index in [9.17, 15) is 5.11 Å². The Morgan fingerprint density at radius 2 is 2.29 bits per heavy atom. The highest BCUT2D eigenvalue weighted by Gasteiger charge is 2.59. The first kappa shape index (κ1) is 12.8. The van der Waals surface area contributed by atoms with E-state index in [1.807, 2.05) is 6.92 Å². The molecule has 0 unspecified atom stereocenters. The van der Waals surface area contributed by atoms with Crippen LogP contribution in [0.25, 0.3) is 0 Å². The molecule has 0 aliphatic heterocycles. The van der Waals surface area contributed by atoms with E-state index in [1.165, 1.54) is 18.4 Å². The highest BCUT2D eigenvalue weighted by molar-refractivity contribution is 5.24. The zero-order chi connectivity index (χ0) is 12.5. The molecule has 2 aliphatic carbocycles. The molecule has 0 spiro atoms. The largest absolute Gasteiger partial charge is 0.392 e. The molecular formula is C15H24O2. The van der Waals surface area contributed by atoms with E-state index >= 15 is 0 Å². The summed E-state index contributed by atoms with van der Waals surface area (Å²) in [5.41, 5.74) is 2.75. The van der Waals surface area contributed by atoms with Crippen molar-refractivity contribution in [2.24, 2.45) is 17.3 Å². The van der Waals surface area contributed by atoms with Crippen LogP contribution in [-0.2, 0) is 0 Å². The molecule has 96 valence electrons. The summed E-state index contributed by atoms with van der Waals surface area (Å²) in [5, 5.41) is 18.1. The lowest BCUT2D eigenvalue weighted by Gasteiger charge is -2.09. The van der Waals surface area contributed by atoms with Gasteiger partial charge in [-0.1, -0.05) is 24.6 Å². The van der Waals surface area contributed by atoms with Crippen LogP contribution in [0, 0.1) is 17.3 Å². The molecule has 0 heterocycles. The van der Waals surface area contributed by atoms with Crippen molar-refractivity contribution in [1.82, 2.24) is 0 Å². The van der Waals surface area contributed by atoms with Crippen molar-refractivity contribution in [1.29, 1.82) is 0 Å². The first-order valence-corrected chi connectivity index (χ1v) is 6.68. The van der Waals surface area contributed by atoms with Crippen LogP contribution in [0.1, 0.15) is 39.5 Å². The van der Waals surface area contributed by atoms with Gasteiger partial charge in [-0.3, -0.25) is 0 Å². The SMILES string of the molecule is C/C(=C\CC[C@@]1(C)[C@@H]2CCC(CO)=C[C@@H]21)CO. The second kappa shape index (κ2) is 4.95. The zero-order valence-electron chi connectivity index (χ0n) is 10.9. The third-order valence-corrected chi connectivity index (χ3v) is 4.75. The maximum atomic E-state index is 9.17.